The highest BCUT2D eigenvalue weighted by atomic mass is 16.7. The van der Waals surface area contributed by atoms with E-state index in [0.717, 1.165) is 43.0 Å². The van der Waals surface area contributed by atoms with E-state index >= 15 is 0 Å². The number of nitrogens with one attached hydrogen (secondary N) is 1. The van der Waals surface area contributed by atoms with Gasteiger partial charge in [-0.1, -0.05) is 6.07 Å². The summed E-state index contributed by atoms with van der Waals surface area (Å²) in [5.41, 5.74) is 3.83. The van der Waals surface area contributed by atoms with Crippen molar-refractivity contribution < 1.29 is 14.3 Å². The molecule has 1 N–H and O–H groups in total. The fraction of sp³-hybridized carbons (Fsp3) is 0.478. The van der Waals surface area contributed by atoms with Crippen molar-refractivity contribution in [2.45, 2.75) is 45.3 Å². The molecule has 1 spiro atoms. The largest absolute Gasteiger partial charge is 0.355 e. The van der Waals surface area contributed by atoms with Crippen LogP contribution in [0.2, 0.25) is 0 Å². The first-order chi connectivity index (χ1) is 15.5. The summed E-state index contributed by atoms with van der Waals surface area (Å²) in [6.07, 6.45) is 2.40. The molecule has 2 aliphatic heterocycles. The van der Waals surface area contributed by atoms with E-state index in [4.69, 9.17) is 14.6 Å². The summed E-state index contributed by atoms with van der Waals surface area (Å²) in [6, 6.07) is 9.80. The lowest BCUT2D eigenvalue weighted by atomic mass is 10.0. The Morgan fingerprint density at radius 1 is 1.06 bits per heavy atom. The van der Waals surface area contributed by atoms with E-state index in [1.807, 2.05) is 37.3 Å². The Morgan fingerprint density at radius 2 is 1.84 bits per heavy atom. The maximum Gasteiger partial charge on any atom is 0.224 e. The van der Waals surface area contributed by atoms with E-state index in [0.29, 0.717) is 37.5 Å². The summed E-state index contributed by atoms with van der Waals surface area (Å²) in [4.78, 5) is 14.7. The minimum Gasteiger partial charge on any atom is -0.355 e. The van der Waals surface area contributed by atoms with E-state index in [1.165, 1.54) is 5.56 Å². The average molecular weight is 437 g/mol. The molecule has 9 heteroatoms. The molecule has 5 rings (SSSR count). The van der Waals surface area contributed by atoms with Crippen LogP contribution in [0.1, 0.15) is 36.2 Å². The zero-order valence-corrected chi connectivity index (χ0v) is 18.5. The first-order valence-corrected chi connectivity index (χ1v) is 11.1. The SMILES string of the molecule is Cc1ccc(NC(=O)CCc2nnc3ccc(N4CCC5(CC4)OCCO5)nn23)cc1C. The Labute approximate surface area is 186 Å². The number of aromatic nitrogens is 4. The number of hydrogen-bond acceptors (Lipinski definition) is 7. The van der Waals surface area contributed by atoms with E-state index in [-0.39, 0.29) is 5.91 Å². The second-order valence-corrected chi connectivity index (χ2v) is 8.52. The van der Waals surface area contributed by atoms with Crippen LogP contribution in [-0.4, -0.2) is 57.8 Å². The van der Waals surface area contributed by atoms with Gasteiger partial charge in [-0.25, -0.2) is 0 Å². The van der Waals surface area contributed by atoms with Crippen LogP contribution in [0.4, 0.5) is 11.5 Å². The molecule has 0 atom stereocenters. The minimum atomic E-state index is -0.411. The summed E-state index contributed by atoms with van der Waals surface area (Å²) < 4.78 is 13.4. The first kappa shape index (κ1) is 20.8. The van der Waals surface area contributed by atoms with Crippen LogP contribution in [0.25, 0.3) is 5.65 Å². The van der Waals surface area contributed by atoms with Gasteiger partial charge < -0.3 is 19.7 Å². The molecule has 3 aromatic rings. The van der Waals surface area contributed by atoms with Gasteiger partial charge >= 0.3 is 0 Å². The van der Waals surface area contributed by atoms with E-state index in [9.17, 15) is 4.79 Å². The molecule has 0 saturated carbocycles. The maximum absolute atomic E-state index is 12.5. The first-order valence-electron chi connectivity index (χ1n) is 11.1. The number of ether oxygens (including phenoxy) is 2. The Kier molecular flexibility index (Phi) is 5.52. The highest BCUT2D eigenvalue weighted by Crippen LogP contribution is 2.32. The highest BCUT2D eigenvalue weighted by molar-refractivity contribution is 5.90. The van der Waals surface area contributed by atoms with Gasteiger partial charge in [0.2, 0.25) is 5.91 Å². The molecule has 0 aliphatic carbocycles. The second-order valence-electron chi connectivity index (χ2n) is 8.52. The number of nitrogens with zero attached hydrogens (tertiary/aromatic N) is 5. The number of anilines is 2. The Balaban J connectivity index is 1.24. The zero-order valence-electron chi connectivity index (χ0n) is 18.5. The van der Waals surface area contributed by atoms with Gasteiger partial charge in [0.15, 0.2) is 17.3 Å². The number of carbonyl (C=O) groups excluding carboxylic acids is 1. The molecule has 4 heterocycles. The smallest absolute Gasteiger partial charge is 0.224 e. The van der Waals surface area contributed by atoms with Crippen molar-refractivity contribution in [3.05, 3.63) is 47.3 Å². The summed E-state index contributed by atoms with van der Waals surface area (Å²) in [5.74, 6) is 1.07. The number of hydrogen-bond donors (Lipinski definition) is 1. The van der Waals surface area contributed by atoms with Crippen molar-refractivity contribution in [1.29, 1.82) is 0 Å². The Hall–Kier alpha value is -3.04. The van der Waals surface area contributed by atoms with Crippen molar-refractivity contribution in [2.75, 3.05) is 36.5 Å². The normalized spacial score (nSPS) is 17.9. The highest BCUT2D eigenvalue weighted by Gasteiger charge is 2.40. The fourth-order valence-corrected chi connectivity index (χ4v) is 4.28. The van der Waals surface area contributed by atoms with Crippen LogP contribution in [-0.2, 0) is 20.7 Å². The topological polar surface area (TPSA) is 93.9 Å². The van der Waals surface area contributed by atoms with Gasteiger partial charge in [0, 0.05) is 44.5 Å². The molecule has 1 amide bonds. The quantitative estimate of drug-likeness (QED) is 0.657. The Morgan fingerprint density at radius 3 is 2.59 bits per heavy atom. The third-order valence-electron chi connectivity index (χ3n) is 6.34. The number of carbonyl (C=O) groups is 1. The predicted octanol–water partition coefficient (Wildman–Crippen LogP) is 2.66. The lowest BCUT2D eigenvalue weighted by molar-refractivity contribution is -0.169. The molecule has 32 heavy (non-hydrogen) atoms. The van der Waals surface area contributed by atoms with E-state index < -0.39 is 5.79 Å². The maximum atomic E-state index is 12.5. The number of amides is 1. The van der Waals surface area contributed by atoms with Gasteiger partial charge in [-0.15, -0.1) is 15.3 Å². The van der Waals surface area contributed by atoms with Gasteiger partial charge in [0.1, 0.15) is 5.82 Å². The molecular formula is C23H28N6O3. The van der Waals surface area contributed by atoms with Crippen LogP contribution in [0.15, 0.2) is 30.3 Å². The molecule has 2 fully saturated rings. The van der Waals surface area contributed by atoms with E-state index in [1.54, 1.807) is 4.52 Å². The van der Waals surface area contributed by atoms with Crippen molar-refractivity contribution in [2.24, 2.45) is 0 Å². The van der Waals surface area contributed by atoms with Crippen molar-refractivity contribution >= 4 is 23.1 Å². The molecule has 9 nitrogen and oxygen atoms in total. The summed E-state index contributed by atoms with van der Waals surface area (Å²) >= 11 is 0. The van der Waals surface area contributed by atoms with Crippen LogP contribution >= 0.6 is 0 Å². The molecule has 2 aliphatic rings. The van der Waals surface area contributed by atoms with Crippen LogP contribution in [0.5, 0.6) is 0 Å². The molecule has 2 saturated heterocycles. The van der Waals surface area contributed by atoms with Gasteiger partial charge in [-0.05, 0) is 49.2 Å². The molecule has 168 valence electrons. The van der Waals surface area contributed by atoms with Gasteiger partial charge in [-0.3, -0.25) is 4.79 Å². The number of rotatable bonds is 5. The monoisotopic (exact) mass is 436 g/mol. The standard InChI is InChI=1S/C23H28N6O3/c1-16-3-4-18(15-17(16)2)24-22(30)8-7-20-26-25-19-5-6-21(27-29(19)20)28-11-9-23(10-12-28)31-13-14-32-23/h3-6,15H,7-14H2,1-2H3,(H,24,30). The lowest BCUT2D eigenvalue weighted by Crippen LogP contribution is -2.45. The number of fused-ring (bicyclic) bond motifs is 1. The Bertz CT molecular complexity index is 1130. The number of aryl methyl sites for hydroxylation is 3. The summed E-state index contributed by atoms with van der Waals surface area (Å²) in [6.45, 7) is 7.06. The average Bonchev–Trinajstić information content (AvgIpc) is 3.42. The number of benzene rings is 1. The second kappa shape index (κ2) is 8.48. The van der Waals surface area contributed by atoms with Crippen LogP contribution < -0.4 is 10.2 Å². The van der Waals surface area contributed by atoms with Gasteiger partial charge in [-0.2, -0.15) is 4.52 Å². The molecule has 2 aromatic heterocycles. The van der Waals surface area contributed by atoms with Gasteiger partial charge in [0.25, 0.3) is 0 Å². The van der Waals surface area contributed by atoms with Crippen molar-refractivity contribution in [1.82, 2.24) is 19.8 Å². The summed E-state index contributed by atoms with van der Waals surface area (Å²) in [5, 5.41) is 16.2. The van der Waals surface area contributed by atoms with Crippen LogP contribution in [0, 0.1) is 13.8 Å². The molecule has 1 aromatic carbocycles. The number of piperidine rings is 1. The zero-order chi connectivity index (χ0) is 22.1. The third-order valence-corrected chi connectivity index (χ3v) is 6.34. The summed E-state index contributed by atoms with van der Waals surface area (Å²) in [7, 11) is 0. The lowest BCUT2D eigenvalue weighted by Gasteiger charge is -2.38. The van der Waals surface area contributed by atoms with Crippen molar-refractivity contribution in [3.63, 3.8) is 0 Å². The van der Waals surface area contributed by atoms with Crippen LogP contribution in [0.3, 0.4) is 0 Å². The van der Waals surface area contributed by atoms with E-state index in [2.05, 4.69) is 27.3 Å². The predicted molar refractivity (Wildman–Crippen MR) is 120 cm³/mol. The fourth-order valence-electron chi connectivity index (χ4n) is 4.28. The third kappa shape index (κ3) is 4.18. The van der Waals surface area contributed by atoms with Crippen molar-refractivity contribution in [3.8, 4) is 0 Å². The minimum absolute atomic E-state index is 0.0564. The molecule has 0 unspecified atom stereocenters. The molecular weight excluding hydrogens is 408 g/mol. The molecule has 0 bridgehead atoms. The molecule has 0 radical (unpaired) electrons. The van der Waals surface area contributed by atoms with Gasteiger partial charge in [0.05, 0.1) is 13.2 Å².